The summed E-state index contributed by atoms with van der Waals surface area (Å²) in [5.74, 6) is 5.57. The van der Waals surface area contributed by atoms with Gasteiger partial charge < -0.3 is 25.2 Å². The number of fused-ring (bicyclic) bond motifs is 2. The number of carbonyl (C=O) groups is 5. The largest absolute Gasteiger partial charge is 0.494 e. The summed E-state index contributed by atoms with van der Waals surface area (Å²) in [6, 6.07) is 14.1. The third-order valence-corrected chi connectivity index (χ3v) is 11.8. The molecule has 2 aromatic rings. The van der Waals surface area contributed by atoms with Crippen molar-refractivity contribution in [3.8, 4) is 23.7 Å². The van der Waals surface area contributed by atoms with E-state index in [-0.39, 0.29) is 47.9 Å². The molecule has 4 saturated heterocycles. The molecule has 3 N–H and O–H groups in total. The molecule has 0 aromatic heterocycles. The van der Waals surface area contributed by atoms with Crippen LogP contribution in [0.2, 0.25) is 0 Å². The number of unbranched alkanes of at least 4 members (excludes halogenated alkanes) is 3. The third-order valence-electron chi connectivity index (χ3n) is 11.8. The Labute approximate surface area is 316 Å². The van der Waals surface area contributed by atoms with Gasteiger partial charge in [-0.25, -0.2) is 0 Å². The summed E-state index contributed by atoms with van der Waals surface area (Å²) < 4.78 is 6.10. The van der Waals surface area contributed by atoms with Crippen molar-refractivity contribution in [2.75, 3.05) is 19.7 Å². The van der Waals surface area contributed by atoms with E-state index in [1.165, 1.54) is 0 Å². The Morgan fingerprint density at radius 3 is 2.63 bits per heavy atom. The number of imide groups is 1. The molecule has 12 nitrogen and oxygen atoms in total. The van der Waals surface area contributed by atoms with Crippen LogP contribution in [-0.2, 0) is 25.7 Å². The van der Waals surface area contributed by atoms with Gasteiger partial charge in [-0.15, -0.1) is 0 Å². The second-order valence-electron chi connectivity index (χ2n) is 15.2. The van der Waals surface area contributed by atoms with Gasteiger partial charge in [-0.2, -0.15) is 5.26 Å². The fourth-order valence-corrected chi connectivity index (χ4v) is 8.84. The van der Waals surface area contributed by atoms with Gasteiger partial charge in [0.1, 0.15) is 17.8 Å². The van der Waals surface area contributed by atoms with Crippen LogP contribution < -0.4 is 15.8 Å². The first kappa shape index (κ1) is 37.1. The Hall–Kier alpha value is -5.20. The van der Waals surface area contributed by atoms with Crippen LogP contribution in [0.15, 0.2) is 42.5 Å². The maximum absolute atomic E-state index is 13.9. The lowest BCUT2D eigenvalue weighted by atomic mass is 9.90. The second-order valence-corrected chi connectivity index (χ2v) is 15.2. The second kappa shape index (κ2) is 16.4. The predicted molar refractivity (Wildman–Crippen MR) is 198 cm³/mol. The molecule has 7 rings (SSSR count). The maximum atomic E-state index is 13.9. The number of likely N-dealkylation sites (tertiary alicyclic amines) is 1. The van der Waals surface area contributed by atoms with Gasteiger partial charge in [-0.05, 0) is 86.8 Å². The van der Waals surface area contributed by atoms with Gasteiger partial charge >= 0.3 is 0 Å². The van der Waals surface area contributed by atoms with E-state index in [2.05, 4.69) is 23.2 Å². The average Bonchev–Trinajstić information content (AvgIpc) is 3.89. The van der Waals surface area contributed by atoms with Gasteiger partial charge in [-0.3, -0.25) is 29.3 Å². The first-order valence-corrected chi connectivity index (χ1v) is 19.5. The van der Waals surface area contributed by atoms with E-state index >= 15 is 0 Å². The molecule has 0 radical (unpaired) electrons. The number of nitriles is 1. The summed E-state index contributed by atoms with van der Waals surface area (Å²) in [5.41, 5.74) is 9.34. The molecule has 0 aliphatic carbocycles. The van der Waals surface area contributed by atoms with E-state index < -0.39 is 24.0 Å². The predicted octanol–water partition coefficient (Wildman–Crippen LogP) is 3.76. The van der Waals surface area contributed by atoms with Crippen molar-refractivity contribution in [3.63, 3.8) is 0 Å². The smallest absolute Gasteiger partial charge is 0.255 e. The molecule has 6 atom stereocenters. The SMILES string of the molecule is N#CC1CN(C(=O)[C@@H]2CC[C@@H]3CCCC[C@H](N)C(=O)N32)CC1c1cccc(OCCCCCC#Cc2cccc3c2CN(C2CCC(=O)NC2=O)C3=O)c1. The summed E-state index contributed by atoms with van der Waals surface area (Å²) in [7, 11) is 0. The quantitative estimate of drug-likeness (QED) is 0.224. The number of ether oxygens (including phenoxy) is 1. The van der Waals surface area contributed by atoms with Gasteiger partial charge in [0.2, 0.25) is 23.6 Å². The molecule has 5 heterocycles. The van der Waals surface area contributed by atoms with Crippen molar-refractivity contribution in [1.29, 1.82) is 5.26 Å². The Balaban J connectivity index is 0.875. The van der Waals surface area contributed by atoms with Crippen LogP contribution in [0.25, 0.3) is 0 Å². The van der Waals surface area contributed by atoms with Gasteiger partial charge in [0.25, 0.3) is 5.91 Å². The Morgan fingerprint density at radius 2 is 1.80 bits per heavy atom. The van der Waals surface area contributed by atoms with Gasteiger partial charge in [0.15, 0.2) is 0 Å². The topological polar surface area (TPSA) is 166 Å². The number of piperidine rings is 1. The van der Waals surface area contributed by atoms with E-state index in [9.17, 15) is 29.2 Å². The number of hydrogen-bond acceptors (Lipinski definition) is 8. The zero-order chi connectivity index (χ0) is 37.8. The minimum atomic E-state index is -0.653. The van der Waals surface area contributed by atoms with Crippen LogP contribution in [0.5, 0.6) is 5.75 Å². The molecule has 5 aliphatic heterocycles. The number of nitrogens with two attached hydrogens (primary N) is 1. The lowest BCUT2D eigenvalue weighted by molar-refractivity contribution is -0.146. The van der Waals surface area contributed by atoms with Gasteiger partial charge in [0.05, 0.1) is 24.6 Å². The molecule has 0 spiro atoms. The number of nitrogens with one attached hydrogen (secondary N) is 1. The summed E-state index contributed by atoms with van der Waals surface area (Å²) in [6.45, 7) is 1.61. The molecule has 3 unspecified atom stereocenters. The molecule has 5 amide bonds. The highest BCUT2D eigenvalue weighted by molar-refractivity contribution is 6.05. The molecule has 0 saturated carbocycles. The van der Waals surface area contributed by atoms with Crippen molar-refractivity contribution in [2.45, 2.75) is 114 Å². The summed E-state index contributed by atoms with van der Waals surface area (Å²) in [4.78, 5) is 69.2. The molecule has 282 valence electrons. The van der Waals surface area contributed by atoms with Crippen LogP contribution in [0.4, 0.5) is 0 Å². The lowest BCUT2D eigenvalue weighted by Gasteiger charge is -2.35. The Kier molecular flexibility index (Phi) is 11.3. The van der Waals surface area contributed by atoms with Crippen molar-refractivity contribution in [3.05, 3.63) is 64.7 Å². The lowest BCUT2D eigenvalue weighted by Crippen LogP contribution is -2.55. The normalized spacial score (nSPS) is 26.6. The highest BCUT2D eigenvalue weighted by Crippen LogP contribution is 2.37. The van der Waals surface area contributed by atoms with E-state index in [0.29, 0.717) is 57.5 Å². The number of nitrogens with zero attached hydrogens (tertiary/aromatic N) is 4. The number of hydrogen-bond donors (Lipinski definition) is 2. The zero-order valence-electron chi connectivity index (χ0n) is 30.6. The highest BCUT2D eigenvalue weighted by atomic mass is 16.5. The first-order valence-electron chi connectivity index (χ1n) is 19.5. The van der Waals surface area contributed by atoms with Crippen LogP contribution >= 0.6 is 0 Å². The molecule has 0 bridgehead atoms. The van der Waals surface area contributed by atoms with Gasteiger partial charge in [0, 0.05) is 55.6 Å². The van der Waals surface area contributed by atoms with E-state index in [1.54, 1.807) is 20.8 Å². The van der Waals surface area contributed by atoms with Crippen LogP contribution in [0.1, 0.15) is 110 Å². The Morgan fingerprint density at radius 1 is 0.963 bits per heavy atom. The summed E-state index contributed by atoms with van der Waals surface area (Å²) >= 11 is 0. The van der Waals surface area contributed by atoms with E-state index in [1.807, 2.05) is 36.4 Å². The van der Waals surface area contributed by atoms with Crippen molar-refractivity contribution >= 4 is 29.5 Å². The Bertz CT molecular complexity index is 1910. The first-order chi connectivity index (χ1) is 26.2. The highest BCUT2D eigenvalue weighted by Gasteiger charge is 2.47. The fourth-order valence-electron chi connectivity index (χ4n) is 8.84. The van der Waals surface area contributed by atoms with E-state index in [4.69, 9.17) is 10.5 Å². The monoisotopic (exact) mass is 732 g/mol. The van der Waals surface area contributed by atoms with Gasteiger partial charge in [-0.1, -0.05) is 42.9 Å². The maximum Gasteiger partial charge on any atom is 0.255 e. The minimum absolute atomic E-state index is 0.0644. The molecule has 54 heavy (non-hydrogen) atoms. The average molecular weight is 733 g/mol. The van der Waals surface area contributed by atoms with Crippen molar-refractivity contribution in [1.82, 2.24) is 20.0 Å². The standard InChI is InChI=1S/C42H48N6O6/c43-23-29-24-46(42(53)37-18-17-30-13-5-6-16-35(44)41(52)48(30)37)25-33(29)28-12-8-14-31(22-28)54-21-7-3-1-2-4-10-27-11-9-15-32-34(27)26-47(40(32)51)36-19-20-38(49)45-39(36)50/h8-9,11-12,14-15,22,29-30,33,35-37H,1-3,5-7,13,16-21,24-26,44H2,(H,45,49,50)/t29?,30-,33?,35-,36?,37-/m0/s1. The zero-order valence-corrected chi connectivity index (χ0v) is 30.6. The minimum Gasteiger partial charge on any atom is -0.494 e. The van der Waals surface area contributed by atoms with Crippen LogP contribution in [0.3, 0.4) is 0 Å². The number of benzene rings is 2. The molecule has 5 aliphatic rings. The molecule has 12 heteroatoms. The molecule has 4 fully saturated rings. The molecule has 2 aromatic carbocycles. The summed E-state index contributed by atoms with van der Waals surface area (Å²) in [5, 5.41) is 12.4. The fraction of sp³-hybridized carbons (Fsp3) is 0.524. The van der Waals surface area contributed by atoms with E-state index in [0.717, 1.165) is 67.4 Å². The number of carbonyl (C=O) groups excluding carboxylic acids is 5. The third kappa shape index (κ3) is 7.72. The van der Waals surface area contributed by atoms with Crippen LogP contribution in [-0.4, -0.2) is 88.1 Å². The summed E-state index contributed by atoms with van der Waals surface area (Å²) in [6.07, 6.45) is 8.84. The number of amides is 5. The van der Waals surface area contributed by atoms with Crippen molar-refractivity contribution in [2.24, 2.45) is 11.7 Å². The number of rotatable bonds is 9. The van der Waals surface area contributed by atoms with Crippen LogP contribution in [0, 0.1) is 29.1 Å². The molecular formula is C42H48N6O6. The van der Waals surface area contributed by atoms with Crippen molar-refractivity contribution < 1.29 is 28.7 Å². The molecular weight excluding hydrogens is 684 g/mol.